The van der Waals surface area contributed by atoms with Crippen molar-refractivity contribution in [3.8, 4) is 0 Å². The maximum absolute atomic E-state index is 12.1. The Labute approximate surface area is 110 Å². The Morgan fingerprint density at radius 1 is 1.37 bits per heavy atom. The van der Waals surface area contributed by atoms with Crippen LogP contribution >= 0.6 is 0 Å². The van der Waals surface area contributed by atoms with Gasteiger partial charge >= 0.3 is 0 Å². The summed E-state index contributed by atoms with van der Waals surface area (Å²) in [7, 11) is 0. The molecule has 5 heteroatoms. The number of nitrogens with one attached hydrogen (secondary N) is 1. The van der Waals surface area contributed by atoms with Gasteiger partial charge in [0.05, 0.1) is 11.7 Å². The summed E-state index contributed by atoms with van der Waals surface area (Å²) in [6.07, 6.45) is 8.82. The van der Waals surface area contributed by atoms with Crippen molar-refractivity contribution in [2.45, 2.75) is 44.1 Å². The molecule has 0 atom stereocenters. The normalized spacial score (nSPS) is 32.1. The van der Waals surface area contributed by atoms with E-state index in [1.165, 1.54) is 32.1 Å². The molecule has 0 aliphatic heterocycles. The molecule has 0 amide bonds. The number of aromatic nitrogens is 4. The minimum Gasteiger partial charge on any atom is -0.328 e. The molecule has 4 aliphatic rings. The van der Waals surface area contributed by atoms with Gasteiger partial charge in [-0.15, -0.1) is 0 Å². The maximum atomic E-state index is 12.1. The molecular weight excluding hydrogens is 240 g/mol. The molecule has 0 unspecified atom stereocenters. The minimum atomic E-state index is -0.123. The Hall–Kier alpha value is -1.65. The Balaban J connectivity index is 1.67. The fourth-order valence-corrected chi connectivity index (χ4v) is 3.72. The molecule has 4 aliphatic carbocycles. The Bertz CT molecular complexity index is 722. The van der Waals surface area contributed by atoms with Crippen LogP contribution in [0.1, 0.15) is 37.9 Å². The molecule has 0 aromatic carbocycles. The summed E-state index contributed by atoms with van der Waals surface area (Å²) in [4.78, 5) is 19.6. The van der Waals surface area contributed by atoms with Gasteiger partial charge in [0.15, 0.2) is 0 Å². The second-order valence-electron chi connectivity index (χ2n) is 6.66. The van der Waals surface area contributed by atoms with Gasteiger partial charge in [-0.3, -0.25) is 4.79 Å². The molecule has 0 radical (unpaired) electrons. The van der Waals surface area contributed by atoms with Crippen LogP contribution in [0.4, 0.5) is 0 Å². The van der Waals surface area contributed by atoms with Crippen molar-refractivity contribution in [1.29, 1.82) is 0 Å². The van der Waals surface area contributed by atoms with Crippen molar-refractivity contribution in [1.82, 2.24) is 19.7 Å². The lowest BCUT2D eigenvalue weighted by Gasteiger charge is -2.61. The van der Waals surface area contributed by atoms with Crippen LogP contribution in [0.25, 0.3) is 11.0 Å². The summed E-state index contributed by atoms with van der Waals surface area (Å²) < 4.78 is 2.07. The summed E-state index contributed by atoms with van der Waals surface area (Å²) in [5.41, 5.74) is 0.990. The molecule has 4 fully saturated rings. The average Bonchev–Trinajstić information content (AvgIpc) is 2.96. The number of aromatic amines is 1. The van der Waals surface area contributed by atoms with E-state index in [0.29, 0.717) is 5.39 Å². The van der Waals surface area contributed by atoms with Crippen LogP contribution in [0.2, 0.25) is 0 Å². The first kappa shape index (κ1) is 10.2. The quantitative estimate of drug-likeness (QED) is 0.906. The summed E-state index contributed by atoms with van der Waals surface area (Å²) in [6, 6.07) is 0. The lowest BCUT2D eigenvalue weighted by Crippen LogP contribution is -2.59. The third kappa shape index (κ3) is 1.28. The van der Waals surface area contributed by atoms with E-state index >= 15 is 0 Å². The molecule has 98 valence electrons. The van der Waals surface area contributed by atoms with Gasteiger partial charge in [0.1, 0.15) is 16.9 Å². The molecule has 2 aromatic heterocycles. The van der Waals surface area contributed by atoms with Gasteiger partial charge in [-0.25, -0.2) is 4.68 Å². The van der Waals surface area contributed by atoms with Crippen LogP contribution in [0.3, 0.4) is 0 Å². The molecule has 5 nitrogen and oxygen atoms in total. The van der Waals surface area contributed by atoms with Gasteiger partial charge in [0.2, 0.25) is 0 Å². The largest absolute Gasteiger partial charge is 0.328 e. The summed E-state index contributed by atoms with van der Waals surface area (Å²) in [6.45, 7) is 0. The molecular formula is C14H16N4O. The van der Waals surface area contributed by atoms with Crippen molar-refractivity contribution < 1.29 is 0 Å². The van der Waals surface area contributed by atoms with Crippen LogP contribution in [0, 0.1) is 11.8 Å². The third-order valence-corrected chi connectivity index (χ3v) is 5.13. The Morgan fingerprint density at radius 2 is 2.16 bits per heavy atom. The zero-order valence-corrected chi connectivity index (χ0v) is 10.7. The van der Waals surface area contributed by atoms with E-state index < -0.39 is 0 Å². The molecule has 1 N–H and O–H groups in total. The van der Waals surface area contributed by atoms with Gasteiger partial charge in [-0.1, -0.05) is 0 Å². The summed E-state index contributed by atoms with van der Waals surface area (Å²) in [5.74, 6) is 2.47. The highest BCUT2D eigenvalue weighted by Gasteiger charge is 2.59. The monoisotopic (exact) mass is 256 g/mol. The van der Waals surface area contributed by atoms with Gasteiger partial charge in [0, 0.05) is 6.42 Å². The second kappa shape index (κ2) is 3.08. The van der Waals surface area contributed by atoms with Crippen LogP contribution in [-0.2, 0) is 12.0 Å². The van der Waals surface area contributed by atoms with Gasteiger partial charge < -0.3 is 4.98 Å². The Kier molecular flexibility index (Phi) is 1.65. The molecule has 4 saturated carbocycles. The van der Waals surface area contributed by atoms with Crippen LogP contribution in [0.15, 0.2) is 11.0 Å². The number of hydrogen-bond donors (Lipinski definition) is 1. The van der Waals surface area contributed by atoms with Crippen molar-refractivity contribution >= 4 is 11.0 Å². The molecule has 2 heterocycles. The highest BCUT2D eigenvalue weighted by atomic mass is 16.1. The first-order valence-electron chi connectivity index (χ1n) is 7.21. The molecule has 2 aromatic rings. The SMILES string of the molecule is O=c1nc(CC2CC2)[nH]c2c1cnn2C12CC(C1)C2. The summed E-state index contributed by atoms with van der Waals surface area (Å²) >= 11 is 0. The van der Waals surface area contributed by atoms with Gasteiger partial charge in [0.25, 0.3) is 5.56 Å². The van der Waals surface area contributed by atoms with E-state index in [2.05, 4.69) is 19.7 Å². The molecule has 6 rings (SSSR count). The standard InChI is InChI=1S/C14H16N4O/c19-13-10-7-15-18(14-4-9(5-14)6-14)12(10)16-11(17-13)3-8-1-2-8/h7-9H,1-6H2,(H,16,17,19). The number of nitrogens with zero attached hydrogens (tertiary/aromatic N) is 3. The third-order valence-electron chi connectivity index (χ3n) is 5.13. The number of rotatable bonds is 3. The molecule has 19 heavy (non-hydrogen) atoms. The predicted molar refractivity (Wildman–Crippen MR) is 69.9 cm³/mol. The molecule has 0 spiro atoms. The lowest BCUT2D eigenvalue weighted by molar-refractivity contribution is -0.0948. The fraction of sp³-hybridized carbons (Fsp3) is 0.643. The highest BCUT2D eigenvalue weighted by molar-refractivity contribution is 5.73. The van der Waals surface area contributed by atoms with Crippen LogP contribution < -0.4 is 5.56 Å². The van der Waals surface area contributed by atoms with E-state index in [1.54, 1.807) is 6.20 Å². The van der Waals surface area contributed by atoms with Crippen molar-refractivity contribution in [3.63, 3.8) is 0 Å². The number of fused-ring (bicyclic) bond motifs is 1. The number of H-pyrrole nitrogens is 1. The Morgan fingerprint density at radius 3 is 2.79 bits per heavy atom. The summed E-state index contributed by atoms with van der Waals surface area (Å²) in [5, 5.41) is 5.11. The predicted octanol–water partition coefficient (Wildman–Crippen LogP) is 1.58. The highest BCUT2D eigenvalue weighted by Crippen LogP contribution is 2.62. The van der Waals surface area contributed by atoms with E-state index in [1.807, 2.05) is 0 Å². The van der Waals surface area contributed by atoms with Crippen molar-refractivity contribution in [3.05, 3.63) is 22.4 Å². The van der Waals surface area contributed by atoms with E-state index in [0.717, 1.165) is 29.7 Å². The van der Waals surface area contributed by atoms with Crippen molar-refractivity contribution in [2.24, 2.45) is 11.8 Å². The van der Waals surface area contributed by atoms with Crippen molar-refractivity contribution in [2.75, 3.05) is 0 Å². The molecule has 2 bridgehead atoms. The first-order valence-corrected chi connectivity index (χ1v) is 7.21. The zero-order valence-electron chi connectivity index (χ0n) is 10.7. The number of hydrogen-bond acceptors (Lipinski definition) is 3. The zero-order chi connectivity index (χ0) is 12.6. The van der Waals surface area contributed by atoms with E-state index in [-0.39, 0.29) is 11.1 Å². The van der Waals surface area contributed by atoms with Gasteiger partial charge in [-0.2, -0.15) is 10.1 Å². The van der Waals surface area contributed by atoms with E-state index in [9.17, 15) is 4.79 Å². The minimum absolute atomic E-state index is 0.123. The van der Waals surface area contributed by atoms with Crippen LogP contribution in [0.5, 0.6) is 0 Å². The van der Waals surface area contributed by atoms with Crippen LogP contribution in [-0.4, -0.2) is 19.7 Å². The first-order chi connectivity index (χ1) is 9.23. The van der Waals surface area contributed by atoms with E-state index in [4.69, 9.17) is 0 Å². The lowest BCUT2D eigenvalue weighted by atomic mass is 9.50. The smallest absolute Gasteiger partial charge is 0.284 e. The topological polar surface area (TPSA) is 63.6 Å². The molecule has 0 saturated heterocycles. The second-order valence-corrected chi connectivity index (χ2v) is 6.66. The fourth-order valence-electron chi connectivity index (χ4n) is 3.72. The average molecular weight is 256 g/mol. The van der Waals surface area contributed by atoms with Gasteiger partial charge in [-0.05, 0) is 43.9 Å². The maximum Gasteiger partial charge on any atom is 0.284 e.